The first kappa shape index (κ1) is 30.0. The van der Waals surface area contributed by atoms with Gasteiger partial charge in [-0.15, -0.1) is 10.3 Å². The summed E-state index contributed by atoms with van der Waals surface area (Å²) in [4.78, 5) is 23.7. The molecule has 1 rings (SSSR count). The van der Waals surface area contributed by atoms with Crippen molar-refractivity contribution in [3.05, 3.63) is 0 Å². The molecule has 0 unspecified atom stereocenters. The molecule has 0 saturated carbocycles. The summed E-state index contributed by atoms with van der Waals surface area (Å²) in [5.41, 5.74) is 0. The Morgan fingerprint density at radius 3 is 1.88 bits per heavy atom. The van der Waals surface area contributed by atoms with Gasteiger partial charge in [0, 0.05) is 30.8 Å². The van der Waals surface area contributed by atoms with Gasteiger partial charge >= 0.3 is 33.4 Å². The van der Waals surface area contributed by atoms with Crippen molar-refractivity contribution in [1.82, 2.24) is 0 Å². The smallest absolute Gasteiger partial charge is 0.300 e. The number of ketones is 2. The Kier molecular flexibility index (Phi) is 9.36. The Hall–Kier alpha value is -1.03. The highest BCUT2D eigenvalue weighted by atomic mass is 32.3. The molecular weight excluding hydrogens is 519 g/mol. The van der Waals surface area contributed by atoms with E-state index in [0.29, 0.717) is 12.8 Å². The molecule has 1 heterocycles. The van der Waals surface area contributed by atoms with Crippen molar-refractivity contribution < 1.29 is 61.1 Å². The molecule has 0 aromatic heterocycles. The molecule has 0 aromatic rings. The Morgan fingerprint density at radius 1 is 0.909 bits per heavy atom. The maximum atomic E-state index is 14.1. The molecule has 0 bridgehead atoms. The van der Waals surface area contributed by atoms with Crippen molar-refractivity contribution >= 4 is 32.0 Å². The lowest BCUT2D eigenvalue weighted by Crippen LogP contribution is -2.63. The summed E-state index contributed by atoms with van der Waals surface area (Å²) < 4.78 is 147. The van der Waals surface area contributed by atoms with Gasteiger partial charge in [-0.2, -0.15) is 47.9 Å². The van der Waals surface area contributed by atoms with Crippen molar-refractivity contribution in [3.8, 4) is 0 Å². The molecule has 1 saturated heterocycles. The van der Waals surface area contributed by atoms with Gasteiger partial charge in [0.1, 0.15) is 11.6 Å². The van der Waals surface area contributed by atoms with Gasteiger partial charge in [-0.05, 0) is 6.42 Å². The highest BCUT2D eigenvalue weighted by molar-refractivity contribution is 8.33. The second kappa shape index (κ2) is 10.3. The lowest BCUT2D eigenvalue weighted by molar-refractivity contribution is -0.382. The fourth-order valence-electron chi connectivity index (χ4n) is 2.93. The fourth-order valence-corrected chi connectivity index (χ4v) is 8.39. The van der Waals surface area contributed by atoms with E-state index in [4.69, 9.17) is 0 Å². The first-order valence-electron chi connectivity index (χ1n) is 9.72. The molecule has 196 valence electrons. The van der Waals surface area contributed by atoms with Crippen LogP contribution < -0.4 is 0 Å². The van der Waals surface area contributed by atoms with Crippen LogP contribution in [0.15, 0.2) is 0 Å². The fraction of sp³-hybridized carbons (Fsp3) is 0.882. The van der Waals surface area contributed by atoms with Crippen LogP contribution >= 0.6 is 10.3 Å². The van der Waals surface area contributed by atoms with Gasteiger partial charge < -0.3 is 0 Å². The van der Waals surface area contributed by atoms with Crippen molar-refractivity contribution in [2.45, 2.75) is 75.1 Å². The summed E-state index contributed by atoms with van der Waals surface area (Å²) in [6, 6.07) is 0. The Labute approximate surface area is 186 Å². The molecule has 0 atom stereocenters. The summed E-state index contributed by atoms with van der Waals surface area (Å²) in [7, 11) is -10.7. The SMILES string of the molecule is CCCCCCC(=O)CS1(OS(=O)(=O)C(F)(F)C(F)(F)C(F)(F)C(F)(F)F)CCC(=O)CC1. The van der Waals surface area contributed by atoms with Gasteiger partial charge in [0.25, 0.3) is 0 Å². The highest BCUT2D eigenvalue weighted by Gasteiger charge is 2.86. The number of rotatable bonds is 12. The first-order chi connectivity index (χ1) is 14.8. The summed E-state index contributed by atoms with van der Waals surface area (Å²) in [5, 5.41) is -7.00. The van der Waals surface area contributed by atoms with Crippen LogP contribution in [0.2, 0.25) is 0 Å². The van der Waals surface area contributed by atoms with E-state index in [-0.39, 0.29) is 6.42 Å². The minimum atomic E-state index is -7.42. The van der Waals surface area contributed by atoms with Gasteiger partial charge in [-0.1, -0.05) is 26.2 Å². The quantitative estimate of drug-likeness (QED) is 0.245. The Bertz CT molecular complexity index is 815. The minimum Gasteiger partial charge on any atom is -0.300 e. The molecular formula is C17H23F9O5S2. The third-order valence-electron chi connectivity index (χ3n) is 4.90. The van der Waals surface area contributed by atoms with Crippen LogP contribution in [-0.4, -0.2) is 60.5 Å². The van der Waals surface area contributed by atoms with Crippen LogP contribution in [-0.2, 0) is 23.3 Å². The topological polar surface area (TPSA) is 77.5 Å². The highest BCUT2D eigenvalue weighted by Crippen LogP contribution is 2.60. The van der Waals surface area contributed by atoms with Crippen LogP contribution in [0, 0.1) is 0 Å². The summed E-state index contributed by atoms with van der Waals surface area (Å²) in [5.74, 6) is -18.1. The van der Waals surface area contributed by atoms with E-state index in [1.807, 2.05) is 6.92 Å². The monoisotopic (exact) mass is 542 g/mol. The molecule has 1 aliphatic heterocycles. The summed E-state index contributed by atoms with van der Waals surface area (Å²) in [6.45, 7) is 1.87. The van der Waals surface area contributed by atoms with Crippen LogP contribution in [0.3, 0.4) is 0 Å². The standard InChI is InChI=1S/C17H23F9O5S2/c1-2-3-4-5-6-13(28)11-32(9-7-12(27)8-10-32)31-33(29,30)17(25,26)15(20,21)14(18,19)16(22,23)24/h2-11H2,1H3. The molecule has 0 spiro atoms. The molecule has 5 nitrogen and oxygen atoms in total. The molecule has 0 amide bonds. The van der Waals surface area contributed by atoms with Crippen molar-refractivity contribution in [2.75, 3.05) is 17.3 Å². The van der Waals surface area contributed by atoms with Gasteiger partial charge in [0.2, 0.25) is 0 Å². The zero-order valence-corrected chi connectivity index (χ0v) is 19.0. The molecule has 0 radical (unpaired) electrons. The van der Waals surface area contributed by atoms with E-state index in [2.05, 4.69) is 3.63 Å². The number of alkyl halides is 9. The second-order valence-corrected chi connectivity index (χ2v) is 12.6. The van der Waals surface area contributed by atoms with Gasteiger partial charge in [0.15, 0.2) is 0 Å². The zero-order valence-electron chi connectivity index (χ0n) is 17.3. The summed E-state index contributed by atoms with van der Waals surface area (Å²) in [6.07, 6.45) is -5.79. The number of halogens is 9. The lowest BCUT2D eigenvalue weighted by Gasteiger charge is -2.42. The average molecular weight is 542 g/mol. The predicted molar refractivity (Wildman–Crippen MR) is 101 cm³/mol. The molecule has 0 N–H and O–H groups in total. The van der Waals surface area contributed by atoms with E-state index in [1.165, 1.54) is 0 Å². The Balaban J connectivity index is 3.25. The number of hydrogen-bond donors (Lipinski definition) is 0. The zero-order chi connectivity index (χ0) is 25.9. The predicted octanol–water partition coefficient (Wildman–Crippen LogP) is 5.38. The van der Waals surface area contributed by atoms with E-state index >= 15 is 0 Å². The largest absolute Gasteiger partial charge is 0.460 e. The summed E-state index contributed by atoms with van der Waals surface area (Å²) >= 11 is 0. The molecule has 1 fully saturated rings. The number of carbonyl (C=O) groups is 2. The third-order valence-corrected chi connectivity index (χ3v) is 10.4. The van der Waals surface area contributed by atoms with Gasteiger partial charge in [-0.3, -0.25) is 9.59 Å². The lowest BCUT2D eigenvalue weighted by atomic mass is 10.1. The van der Waals surface area contributed by atoms with Crippen LogP contribution in [0.25, 0.3) is 0 Å². The molecule has 16 heteroatoms. The van der Waals surface area contributed by atoms with E-state index in [0.717, 1.165) is 12.8 Å². The van der Waals surface area contributed by atoms with E-state index in [1.54, 1.807) is 0 Å². The normalized spacial score (nSPS) is 19.4. The van der Waals surface area contributed by atoms with E-state index < -0.39 is 85.4 Å². The first-order valence-corrected chi connectivity index (χ1v) is 13.2. The number of unbranched alkanes of at least 4 members (excludes halogenated alkanes) is 3. The maximum Gasteiger partial charge on any atom is 0.460 e. The van der Waals surface area contributed by atoms with Gasteiger partial charge in [0.05, 0.1) is 5.75 Å². The molecule has 1 aliphatic rings. The van der Waals surface area contributed by atoms with Crippen molar-refractivity contribution in [3.63, 3.8) is 0 Å². The maximum absolute atomic E-state index is 14.1. The van der Waals surface area contributed by atoms with Crippen molar-refractivity contribution in [1.29, 1.82) is 0 Å². The number of carbonyl (C=O) groups excluding carboxylic acids is 2. The minimum absolute atomic E-state index is 0.148. The van der Waals surface area contributed by atoms with Crippen LogP contribution in [0.5, 0.6) is 0 Å². The second-order valence-electron chi connectivity index (χ2n) is 7.59. The molecule has 0 aliphatic carbocycles. The van der Waals surface area contributed by atoms with E-state index in [9.17, 15) is 57.5 Å². The number of Topliss-reactive ketones (excluding diaryl/α,β-unsaturated/α-hetero) is 2. The van der Waals surface area contributed by atoms with Crippen molar-refractivity contribution in [2.24, 2.45) is 0 Å². The molecule has 33 heavy (non-hydrogen) atoms. The number of hydrogen-bond acceptors (Lipinski definition) is 5. The van der Waals surface area contributed by atoms with Gasteiger partial charge in [-0.25, -0.2) is 3.63 Å². The molecule has 0 aromatic carbocycles. The average Bonchev–Trinajstić information content (AvgIpc) is 2.66. The third kappa shape index (κ3) is 6.35. The van der Waals surface area contributed by atoms with Crippen LogP contribution in [0.1, 0.15) is 51.9 Å². The van der Waals surface area contributed by atoms with Crippen LogP contribution in [0.4, 0.5) is 39.5 Å². The Morgan fingerprint density at radius 2 is 1.42 bits per heavy atom.